The van der Waals surface area contributed by atoms with Crippen molar-refractivity contribution in [2.75, 3.05) is 19.4 Å². The smallest absolute Gasteiger partial charge is 0.315 e. The third-order valence-corrected chi connectivity index (χ3v) is 4.91. The average molecular weight is 359 g/mol. The number of nitrogens with zero attached hydrogens (tertiary/aromatic N) is 4. The Bertz CT molecular complexity index is 833. The molecule has 0 bridgehead atoms. The second-order valence-electron chi connectivity index (χ2n) is 5.84. The maximum absolute atomic E-state index is 12.2. The van der Waals surface area contributed by atoms with Gasteiger partial charge < -0.3 is 10.2 Å². The zero-order valence-corrected chi connectivity index (χ0v) is 14.8. The number of hydrogen-bond acceptors (Lipinski definition) is 6. The predicted octanol–water partition coefficient (Wildman–Crippen LogP) is 1.73. The first kappa shape index (κ1) is 17.0. The van der Waals surface area contributed by atoms with E-state index in [4.69, 9.17) is 0 Å². The number of aromatic nitrogens is 2. The average Bonchev–Trinajstić information content (AvgIpc) is 3.11. The second kappa shape index (κ2) is 6.60. The normalized spacial score (nSPS) is 17.3. The first-order valence-electron chi connectivity index (χ1n) is 7.61. The first-order chi connectivity index (χ1) is 11.9. The van der Waals surface area contributed by atoms with Crippen LogP contribution in [-0.2, 0) is 9.59 Å². The molecule has 1 saturated heterocycles. The topological polar surface area (TPSA) is 95.5 Å². The summed E-state index contributed by atoms with van der Waals surface area (Å²) in [6, 6.07) is 6.63. The van der Waals surface area contributed by atoms with Gasteiger partial charge in [0.25, 0.3) is 5.91 Å². The zero-order chi connectivity index (χ0) is 18.1. The van der Waals surface area contributed by atoms with E-state index in [1.807, 2.05) is 31.2 Å². The number of benzene rings is 1. The molecule has 0 spiro atoms. The molecular weight excluding hydrogens is 342 g/mol. The molecule has 0 saturated carbocycles. The Balaban J connectivity index is 1.65. The third-order valence-electron chi connectivity index (χ3n) is 4.02. The molecule has 1 aromatic carbocycles. The maximum Gasteiger partial charge on any atom is 0.326 e. The molecule has 1 aromatic heterocycles. The molecule has 1 unspecified atom stereocenters. The highest BCUT2D eigenvalue weighted by Gasteiger charge is 2.41. The summed E-state index contributed by atoms with van der Waals surface area (Å²) >= 11 is 1.25. The lowest BCUT2D eigenvalue weighted by Crippen LogP contribution is -2.35. The Morgan fingerprint density at radius 1 is 1.20 bits per heavy atom. The van der Waals surface area contributed by atoms with Crippen LogP contribution >= 0.6 is 11.3 Å². The fraction of sp³-hybridized carbons (Fsp3) is 0.312. The zero-order valence-electron chi connectivity index (χ0n) is 14.0. The molecule has 25 heavy (non-hydrogen) atoms. The number of amides is 4. The van der Waals surface area contributed by atoms with Crippen LogP contribution in [0.25, 0.3) is 10.6 Å². The van der Waals surface area contributed by atoms with E-state index < -0.39 is 12.1 Å². The van der Waals surface area contributed by atoms with E-state index in [1.54, 1.807) is 0 Å². The first-order valence-corrected chi connectivity index (χ1v) is 8.43. The van der Waals surface area contributed by atoms with Crippen molar-refractivity contribution < 1.29 is 14.4 Å². The molecule has 1 fully saturated rings. The Labute approximate surface area is 148 Å². The van der Waals surface area contributed by atoms with Crippen LogP contribution in [-0.4, -0.2) is 58.0 Å². The van der Waals surface area contributed by atoms with E-state index in [0.29, 0.717) is 10.1 Å². The predicted molar refractivity (Wildman–Crippen MR) is 93.0 cm³/mol. The third kappa shape index (κ3) is 3.36. The molecule has 9 heteroatoms. The second-order valence-corrected chi connectivity index (χ2v) is 6.81. The number of carbonyl (C=O) groups is 3. The summed E-state index contributed by atoms with van der Waals surface area (Å²) in [5.41, 5.74) is 2.06. The highest BCUT2D eigenvalue weighted by molar-refractivity contribution is 7.18. The van der Waals surface area contributed by atoms with E-state index in [1.165, 1.54) is 30.3 Å². The molecule has 2 aromatic rings. The fourth-order valence-corrected chi connectivity index (χ4v) is 3.28. The lowest BCUT2D eigenvalue weighted by Gasteiger charge is -2.14. The van der Waals surface area contributed by atoms with E-state index in [-0.39, 0.29) is 18.2 Å². The van der Waals surface area contributed by atoms with Crippen molar-refractivity contribution in [1.29, 1.82) is 0 Å². The largest absolute Gasteiger partial charge is 0.326 e. The Morgan fingerprint density at radius 3 is 2.48 bits per heavy atom. The lowest BCUT2D eigenvalue weighted by molar-refractivity contribution is -0.129. The minimum Gasteiger partial charge on any atom is -0.315 e. The van der Waals surface area contributed by atoms with Crippen LogP contribution in [0.4, 0.5) is 9.93 Å². The molecule has 130 valence electrons. The Morgan fingerprint density at radius 2 is 1.88 bits per heavy atom. The molecule has 4 amide bonds. The fourth-order valence-electron chi connectivity index (χ4n) is 2.51. The number of nitrogens with one attached hydrogen (secondary N) is 1. The van der Waals surface area contributed by atoms with Gasteiger partial charge in [0.05, 0.1) is 6.42 Å². The van der Waals surface area contributed by atoms with E-state index in [0.717, 1.165) is 16.0 Å². The van der Waals surface area contributed by atoms with Crippen LogP contribution in [0.3, 0.4) is 0 Å². The molecule has 3 rings (SSSR count). The standard InChI is InChI=1S/C16H17N5O3S/c1-9-4-6-10(7-5-9)13-18-19-15(25-13)17-12(22)8-11-14(23)21(3)16(24)20(11)2/h4-7,11H,8H2,1-3H3,(H,17,19,22). The van der Waals surface area contributed by atoms with Crippen molar-refractivity contribution in [2.24, 2.45) is 0 Å². The van der Waals surface area contributed by atoms with Crippen LogP contribution in [0.1, 0.15) is 12.0 Å². The summed E-state index contributed by atoms with van der Waals surface area (Å²) in [5.74, 6) is -0.778. The van der Waals surface area contributed by atoms with Gasteiger partial charge in [-0.05, 0) is 6.92 Å². The van der Waals surface area contributed by atoms with E-state index in [2.05, 4.69) is 15.5 Å². The summed E-state index contributed by atoms with van der Waals surface area (Å²) in [6.07, 6.45) is -0.120. The number of carbonyl (C=O) groups excluding carboxylic acids is 3. The molecule has 1 N–H and O–H groups in total. The van der Waals surface area contributed by atoms with E-state index >= 15 is 0 Å². The highest BCUT2D eigenvalue weighted by Crippen LogP contribution is 2.27. The van der Waals surface area contributed by atoms with Crippen molar-refractivity contribution >= 4 is 34.3 Å². The van der Waals surface area contributed by atoms with Gasteiger partial charge in [-0.15, -0.1) is 10.2 Å². The molecule has 2 heterocycles. The number of aryl methyl sites for hydroxylation is 1. The minimum absolute atomic E-state index is 0.120. The summed E-state index contributed by atoms with van der Waals surface area (Å²) in [7, 11) is 2.90. The number of anilines is 1. The molecule has 1 aliphatic heterocycles. The summed E-state index contributed by atoms with van der Waals surface area (Å²) in [5, 5.41) is 11.7. The molecule has 0 radical (unpaired) electrons. The number of likely N-dealkylation sites (N-methyl/N-ethyl adjacent to an activating group) is 2. The summed E-state index contributed by atoms with van der Waals surface area (Å²) in [4.78, 5) is 38.2. The van der Waals surface area contributed by atoms with Gasteiger partial charge in [0.1, 0.15) is 11.0 Å². The van der Waals surface area contributed by atoms with Crippen molar-refractivity contribution in [1.82, 2.24) is 20.0 Å². The van der Waals surface area contributed by atoms with Crippen molar-refractivity contribution in [3.05, 3.63) is 29.8 Å². The van der Waals surface area contributed by atoms with Gasteiger partial charge in [-0.3, -0.25) is 14.5 Å². The van der Waals surface area contributed by atoms with Crippen LogP contribution in [0.2, 0.25) is 0 Å². The van der Waals surface area contributed by atoms with Crippen molar-refractivity contribution in [3.8, 4) is 10.6 Å². The quantitative estimate of drug-likeness (QED) is 0.839. The van der Waals surface area contributed by atoms with Gasteiger partial charge in [-0.1, -0.05) is 41.2 Å². The van der Waals surface area contributed by atoms with Crippen molar-refractivity contribution in [3.63, 3.8) is 0 Å². The lowest BCUT2D eigenvalue weighted by atomic mass is 10.2. The Kier molecular flexibility index (Phi) is 4.49. The SMILES string of the molecule is Cc1ccc(-c2nnc(NC(=O)CC3C(=O)N(C)C(=O)N3C)s2)cc1. The molecular formula is C16H17N5O3S. The number of rotatable bonds is 4. The van der Waals surface area contributed by atoms with Crippen LogP contribution < -0.4 is 5.32 Å². The monoisotopic (exact) mass is 359 g/mol. The summed E-state index contributed by atoms with van der Waals surface area (Å²) < 4.78 is 0. The Hall–Kier alpha value is -2.81. The van der Waals surface area contributed by atoms with Gasteiger partial charge in [0.2, 0.25) is 11.0 Å². The molecule has 1 aliphatic rings. The number of hydrogen-bond donors (Lipinski definition) is 1. The molecule has 1 atom stereocenters. The van der Waals surface area contributed by atoms with Gasteiger partial charge in [0.15, 0.2) is 0 Å². The number of imide groups is 1. The van der Waals surface area contributed by atoms with Gasteiger partial charge in [-0.25, -0.2) is 4.79 Å². The molecule has 0 aliphatic carbocycles. The highest BCUT2D eigenvalue weighted by atomic mass is 32.1. The van der Waals surface area contributed by atoms with Gasteiger partial charge in [0, 0.05) is 19.7 Å². The van der Waals surface area contributed by atoms with Crippen molar-refractivity contribution in [2.45, 2.75) is 19.4 Å². The number of urea groups is 1. The van der Waals surface area contributed by atoms with Gasteiger partial charge >= 0.3 is 6.03 Å². The van der Waals surface area contributed by atoms with Crippen LogP contribution in [0, 0.1) is 6.92 Å². The van der Waals surface area contributed by atoms with Crippen LogP contribution in [0.5, 0.6) is 0 Å². The minimum atomic E-state index is -0.790. The van der Waals surface area contributed by atoms with Crippen LogP contribution in [0.15, 0.2) is 24.3 Å². The van der Waals surface area contributed by atoms with E-state index in [9.17, 15) is 14.4 Å². The maximum atomic E-state index is 12.2. The summed E-state index contributed by atoms with van der Waals surface area (Å²) in [6.45, 7) is 2.00. The molecule has 8 nitrogen and oxygen atoms in total. The van der Waals surface area contributed by atoms with Gasteiger partial charge in [-0.2, -0.15) is 0 Å².